The van der Waals surface area contributed by atoms with Gasteiger partial charge >= 0.3 is 29.8 Å². The second-order valence-electron chi connectivity index (χ2n) is 9.08. The minimum absolute atomic E-state index is 0.269. The van der Waals surface area contributed by atoms with Crippen molar-refractivity contribution in [2.75, 3.05) is 25.2 Å². The Labute approximate surface area is 259 Å². The summed E-state index contributed by atoms with van der Waals surface area (Å²) in [5.74, 6) is -4.14. The molecule has 1 aliphatic heterocycles. The maximum absolute atomic E-state index is 10.4. The fourth-order valence-electron chi connectivity index (χ4n) is 2.50. The highest BCUT2D eigenvalue weighted by Crippen LogP contribution is 2.03. The number of hydrogen-bond donors (Lipinski definition) is 12. The number of nitrogens with one attached hydrogen (secondary N) is 1. The van der Waals surface area contributed by atoms with Crippen LogP contribution in [-0.2, 0) is 30.4 Å². The molecule has 0 aromatic heterocycles. The van der Waals surface area contributed by atoms with Crippen molar-refractivity contribution >= 4 is 41.6 Å². The van der Waals surface area contributed by atoms with Crippen LogP contribution in [0.5, 0.6) is 0 Å². The Kier molecular flexibility index (Phi) is 27.9. The summed E-state index contributed by atoms with van der Waals surface area (Å²) in [6, 6.07) is 5.31. The van der Waals surface area contributed by atoms with Crippen molar-refractivity contribution in [3.63, 3.8) is 0 Å². The molecule has 2 rings (SSSR count). The highest BCUT2D eigenvalue weighted by atomic mass is 32.2. The summed E-state index contributed by atoms with van der Waals surface area (Å²) in [4.78, 5) is 50.1. The fraction of sp³-hybridized carbons (Fsp3) is 0.577. The predicted octanol–water partition coefficient (Wildman–Crippen LogP) is -2.21. The van der Waals surface area contributed by atoms with Crippen LogP contribution in [0, 0.1) is 0 Å². The van der Waals surface area contributed by atoms with Gasteiger partial charge in [0.25, 0.3) is 0 Å². The van der Waals surface area contributed by atoms with E-state index in [9.17, 15) is 24.0 Å². The fourth-order valence-corrected chi connectivity index (χ4v) is 2.99. The van der Waals surface area contributed by atoms with E-state index in [4.69, 9.17) is 58.7 Å². The van der Waals surface area contributed by atoms with Gasteiger partial charge in [-0.1, -0.05) is 30.3 Å². The van der Waals surface area contributed by atoms with E-state index in [0.29, 0.717) is 12.8 Å². The third-order valence-corrected chi connectivity index (χ3v) is 5.89. The molecule has 0 amide bonds. The first-order valence-corrected chi connectivity index (χ1v) is 14.5. The lowest BCUT2D eigenvalue weighted by molar-refractivity contribution is -0.141. The van der Waals surface area contributed by atoms with Gasteiger partial charge in [0.15, 0.2) is 0 Å². The molecule has 0 radical (unpaired) electrons. The van der Waals surface area contributed by atoms with Crippen LogP contribution in [0.25, 0.3) is 0 Å². The number of carboxylic acids is 5. The minimum atomic E-state index is -1.18. The molecule has 1 heterocycles. The summed E-state index contributed by atoms with van der Waals surface area (Å²) >= 11 is 1.60. The van der Waals surface area contributed by atoms with Crippen molar-refractivity contribution in [3.05, 3.63) is 35.9 Å². The van der Waals surface area contributed by atoms with Crippen molar-refractivity contribution in [2.45, 2.75) is 68.9 Å². The first-order valence-electron chi connectivity index (χ1n) is 13.1. The molecule has 5 unspecified atom stereocenters. The van der Waals surface area contributed by atoms with Crippen LogP contribution in [0.15, 0.2) is 30.3 Å². The number of hydrogen-bond acceptors (Lipinski definition) is 13. The number of carboxylic acid groups (broad SMARTS) is 5. The number of benzene rings is 1. The van der Waals surface area contributed by atoms with Crippen molar-refractivity contribution in [1.82, 2.24) is 5.32 Å². The highest BCUT2D eigenvalue weighted by molar-refractivity contribution is 7.98. The minimum Gasteiger partial charge on any atom is -0.480 e. The topological polar surface area (TPSA) is 343 Å². The van der Waals surface area contributed by atoms with E-state index in [1.165, 1.54) is 6.92 Å². The van der Waals surface area contributed by atoms with Gasteiger partial charge in [-0.2, -0.15) is 11.8 Å². The Morgan fingerprint density at radius 1 is 0.864 bits per heavy atom. The summed E-state index contributed by atoms with van der Waals surface area (Å²) in [5.41, 5.74) is 21.2. The molecule has 1 saturated heterocycles. The molecule has 18 heteroatoms. The number of thioether (sulfide) groups is 1. The monoisotopic (exact) mass is 653 g/mol. The van der Waals surface area contributed by atoms with Crippen LogP contribution in [0.1, 0.15) is 31.7 Å². The van der Waals surface area contributed by atoms with E-state index in [-0.39, 0.29) is 6.04 Å². The Morgan fingerprint density at radius 3 is 1.61 bits per heavy atom. The molecular formula is C26H47N5O12S. The summed E-state index contributed by atoms with van der Waals surface area (Å²) in [6.07, 6.45) is 3.67. The quantitative estimate of drug-likeness (QED) is 0.114. The predicted molar refractivity (Wildman–Crippen MR) is 163 cm³/mol. The number of nitrogens with two attached hydrogens (primary N) is 4. The molecule has 1 aromatic rings. The van der Waals surface area contributed by atoms with Gasteiger partial charge in [-0.25, -0.2) is 0 Å². The highest BCUT2D eigenvalue weighted by Gasteiger charge is 2.20. The lowest BCUT2D eigenvalue weighted by Crippen LogP contribution is -2.39. The van der Waals surface area contributed by atoms with Crippen molar-refractivity contribution < 1.29 is 59.7 Å². The Balaban J connectivity index is -0.000000485. The number of aliphatic hydroxyl groups excluding tert-OH is 2. The third-order valence-electron chi connectivity index (χ3n) is 5.24. The van der Waals surface area contributed by atoms with E-state index in [1.54, 1.807) is 11.8 Å². The third kappa shape index (κ3) is 26.3. The van der Waals surface area contributed by atoms with Gasteiger partial charge in [0, 0.05) is 0 Å². The first-order chi connectivity index (χ1) is 20.4. The van der Waals surface area contributed by atoms with Crippen LogP contribution < -0.4 is 28.3 Å². The molecule has 16 N–H and O–H groups in total. The van der Waals surface area contributed by atoms with E-state index in [0.717, 1.165) is 30.7 Å². The van der Waals surface area contributed by atoms with Gasteiger partial charge in [0.1, 0.15) is 30.2 Å². The molecule has 1 fully saturated rings. The van der Waals surface area contributed by atoms with Crippen molar-refractivity contribution in [3.8, 4) is 0 Å². The van der Waals surface area contributed by atoms with Gasteiger partial charge in [0.2, 0.25) is 0 Å². The second kappa shape index (κ2) is 27.2. The zero-order valence-corrected chi connectivity index (χ0v) is 25.5. The van der Waals surface area contributed by atoms with Gasteiger partial charge in [-0.3, -0.25) is 24.0 Å². The number of aliphatic carboxylic acids is 5. The first kappa shape index (κ1) is 45.1. The SMILES string of the molecule is CC(O)C(N)C(=O)O.CSCCC(N)C(=O)O.NC(CO)C(=O)O.NC(Cc1ccccc1)C(=O)O.O=C(O)[C@@H]1CCCN1. The standard InChI is InChI=1S/C9H11NO2.C5H11NO2S.C5H9NO2.C4H9NO3.C3H7NO3/c10-8(9(11)12)6-7-4-2-1-3-5-7;1-9-3-2-4(6)5(7)8;7-5(8)4-2-1-3-6-4;1-2(6)3(5)4(7)8;4-2(1-5)3(6)7/h1-5,8H,6,10H2,(H,11,12);4H,2-3,6H2,1H3,(H,7,8);4,6H,1-3H2,(H,7,8);2-3,6H,5H2,1H3,(H,7,8);2,5H,1,4H2,(H,6,7)/t;;4-;;/m..0../s1. The second-order valence-corrected chi connectivity index (χ2v) is 10.1. The zero-order valence-electron chi connectivity index (χ0n) is 24.7. The van der Waals surface area contributed by atoms with Crippen molar-refractivity contribution in [1.29, 1.82) is 0 Å². The molecule has 0 bridgehead atoms. The van der Waals surface area contributed by atoms with Gasteiger partial charge in [-0.15, -0.1) is 0 Å². The summed E-state index contributed by atoms with van der Waals surface area (Å²) in [6.45, 7) is 1.69. The van der Waals surface area contributed by atoms with E-state index < -0.39 is 66.7 Å². The smallest absolute Gasteiger partial charge is 0.323 e. The summed E-state index contributed by atoms with van der Waals surface area (Å²) < 4.78 is 0. The molecule has 0 spiro atoms. The van der Waals surface area contributed by atoms with Crippen LogP contribution in [0.4, 0.5) is 0 Å². The number of aliphatic hydroxyl groups is 2. The molecule has 1 aliphatic rings. The molecule has 0 saturated carbocycles. The van der Waals surface area contributed by atoms with E-state index in [1.807, 2.05) is 36.6 Å². The van der Waals surface area contributed by atoms with Crippen LogP contribution in [0.2, 0.25) is 0 Å². The lowest BCUT2D eigenvalue weighted by Gasteiger charge is -2.06. The molecule has 254 valence electrons. The van der Waals surface area contributed by atoms with Gasteiger partial charge in [-0.05, 0) is 56.7 Å². The van der Waals surface area contributed by atoms with E-state index >= 15 is 0 Å². The van der Waals surface area contributed by atoms with Gasteiger partial charge < -0.3 is 64.0 Å². The summed E-state index contributed by atoms with van der Waals surface area (Å²) in [7, 11) is 0. The molecule has 44 heavy (non-hydrogen) atoms. The Bertz CT molecular complexity index is 941. The molecule has 0 aliphatic carbocycles. The maximum Gasteiger partial charge on any atom is 0.323 e. The number of rotatable bonds is 12. The average Bonchev–Trinajstić information content (AvgIpc) is 3.52. The van der Waals surface area contributed by atoms with Crippen LogP contribution in [0.3, 0.4) is 0 Å². The molecule has 1 aromatic carbocycles. The average molecular weight is 654 g/mol. The normalized spacial score (nSPS) is 16.5. The molecular weight excluding hydrogens is 606 g/mol. The van der Waals surface area contributed by atoms with E-state index in [2.05, 4.69) is 5.32 Å². The molecule has 6 atom stereocenters. The number of carbonyl (C=O) groups is 5. The van der Waals surface area contributed by atoms with Crippen molar-refractivity contribution in [2.24, 2.45) is 22.9 Å². The zero-order chi connectivity index (χ0) is 34.8. The van der Waals surface area contributed by atoms with Crippen LogP contribution >= 0.6 is 11.8 Å². The molecule has 17 nitrogen and oxygen atoms in total. The van der Waals surface area contributed by atoms with Gasteiger partial charge in [0.05, 0.1) is 12.7 Å². The Hall–Kier alpha value is -3.36. The maximum atomic E-state index is 10.4. The Morgan fingerprint density at radius 2 is 1.36 bits per heavy atom. The van der Waals surface area contributed by atoms with Crippen LogP contribution in [-0.4, -0.2) is 127 Å². The summed E-state index contributed by atoms with van der Waals surface area (Å²) in [5, 5.41) is 60.4. The largest absolute Gasteiger partial charge is 0.480 e. The lowest BCUT2D eigenvalue weighted by atomic mass is 10.1.